The number of amides is 1. The summed E-state index contributed by atoms with van der Waals surface area (Å²) < 4.78 is 5.80. The maximum atomic E-state index is 12.0. The summed E-state index contributed by atoms with van der Waals surface area (Å²) in [6.07, 6.45) is 1.11. The summed E-state index contributed by atoms with van der Waals surface area (Å²) in [7, 11) is 3.71. The van der Waals surface area contributed by atoms with Gasteiger partial charge in [-0.15, -0.1) is 12.4 Å². The van der Waals surface area contributed by atoms with Gasteiger partial charge in [0.1, 0.15) is 11.5 Å². The quantitative estimate of drug-likeness (QED) is 0.852. The Kier molecular flexibility index (Phi) is 7.71. The molecule has 0 saturated heterocycles. The fourth-order valence-corrected chi connectivity index (χ4v) is 2.10. The first kappa shape index (κ1) is 18.3. The smallest absolute Gasteiger partial charge is 0.222 e. The molecule has 0 bridgehead atoms. The zero-order chi connectivity index (χ0) is 15.1. The van der Waals surface area contributed by atoms with Gasteiger partial charge in [0, 0.05) is 38.5 Å². The lowest BCUT2D eigenvalue weighted by atomic mass is 10.2. The third-order valence-corrected chi connectivity index (χ3v) is 3.43. The van der Waals surface area contributed by atoms with E-state index in [0.717, 1.165) is 30.2 Å². The number of nitrogens with zero attached hydrogens (tertiary/aromatic N) is 1. The molecule has 1 amide bonds. The van der Waals surface area contributed by atoms with E-state index in [4.69, 9.17) is 4.42 Å². The molecule has 1 heterocycles. The Morgan fingerprint density at radius 2 is 1.91 bits per heavy atom. The predicted octanol–water partition coefficient (Wildman–Crippen LogP) is 2.98. The van der Waals surface area contributed by atoms with Crippen molar-refractivity contribution in [3.8, 4) is 11.3 Å². The van der Waals surface area contributed by atoms with Crippen molar-refractivity contribution in [2.24, 2.45) is 0 Å². The van der Waals surface area contributed by atoms with Crippen molar-refractivity contribution in [2.75, 3.05) is 27.2 Å². The normalized spacial score (nSPS) is 10.1. The molecule has 0 fully saturated rings. The molecule has 0 atom stereocenters. The first-order chi connectivity index (χ1) is 10.2. The van der Waals surface area contributed by atoms with Gasteiger partial charge in [-0.3, -0.25) is 4.79 Å². The average molecular weight is 323 g/mol. The Morgan fingerprint density at radius 1 is 1.18 bits per heavy atom. The third-order valence-electron chi connectivity index (χ3n) is 3.43. The van der Waals surface area contributed by atoms with Crippen LogP contribution < -0.4 is 5.32 Å². The van der Waals surface area contributed by atoms with E-state index in [2.05, 4.69) is 5.32 Å². The molecule has 0 radical (unpaired) electrons. The number of nitrogens with one attached hydrogen (secondary N) is 1. The van der Waals surface area contributed by atoms with Crippen molar-refractivity contribution in [1.29, 1.82) is 0 Å². The second kappa shape index (κ2) is 9.28. The van der Waals surface area contributed by atoms with Crippen LogP contribution in [0.1, 0.15) is 12.2 Å². The minimum Gasteiger partial charge on any atom is -0.461 e. The molecule has 120 valence electrons. The molecular formula is C17H23ClN2O2. The highest BCUT2D eigenvalue weighted by Gasteiger charge is 2.10. The van der Waals surface area contributed by atoms with E-state index in [9.17, 15) is 4.79 Å². The number of carbonyl (C=O) groups excluding carboxylic acids is 1. The summed E-state index contributed by atoms with van der Waals surface area (Å²) in [5.74, 6) is 1.84. The lowest BCUT2D eigenvalue weighted by Gasteiger charge is -2.16. The monoisotopic (exact) mass is 322 g/mol. The SMILES string of the molecule is CNCCN(C)C(=O)CCc1ccc(-c2ccccc2)o1.Cl. The molecule has 5 heteroatoms. The van der Waals surface area contributed by atoms with Gasteiger partial charge < -0.3 is 14.6 Å². The lowest BCUT2D eigenvalue weighted by Crippen LogP contribution is -2.32. The molecule has 0 aliphatic carbocycles. The summed E-state index contributed by atoms with van der Waals surface area (Å²) in [5, 5.41) is 3.04. The third kappa shape index (κ3) is 5.20. The van der Waals surface area contributed by atoms with E-state index in [1.165, 1.54) is 0 Å². The van der Waals surface area contributed by atoms with E-state index >= 15 is 0 Å². The highest BCUT2D eigenvalue weighted by Crippen LogP contribution is 2.22. The molecule has 0 unspecified atom stereocenters. The molecule has 2 rings (SSSR count). The summed E-state index contributed by atoms with van der Waals surface area (Å²) in [4.78, 5) is 13.7. The fourth-order valence-electron chi connectivity index (χ4n) is 2.10. The molecule has 1 N–H and O–H groups in total. The largest absolute Gasteiger partial charge is 0.461 e. The molecule has 2 aromatic rings. The standard InChI is InChI=1S/C17H22N2O2.ClH/c1-18-12-13-19(2)17(20)11-9-15-8-10-16(21-15)14-6-4-3-5-7-14;/h3-8,10,18H,9,11-13H2,1-2H3;1H. The molecule has 1 aromatic heterocycles. The number of hydrogen-bond donors (Lipinski definition) is 1. The average Bonchev–Trinajstić information content (AvgIpc) is 3.00. The number of aryl methyl sites for hydroxylation is 1. The van der Waals surface area contributed by atoms with Crippen LogP contribution in [0.3, 0.4) is 0 Å². The van der Waals surface area contributed by atoms with Crippen LogP contribution in [0, 0.1) is 0 Å². The maximum absolute atomic E-state index is 12.0. The van der Waals surface area contributed by atoms with E-state index in [1.54, 1.807) is 4.90 Å². The number of furan rings is 1. The van der Waals surface area contributed by atoms with Crippen molar-refractivity contribution in [3.63, 3.8) is 0 Å². The first-order valence-electron chi connectivity index (χ1n) is 7.23. The van der Waals surface area contributed by atoms with Crippen LogP contribution in [-0.2, 0) is 11.2 Å². The fraction of sp³-hybridized carbons (Fsp3) is 0.353. The number of benzene rings is 1. The van der Waals surface area contributed by atoms with Gasteiger partial charge in [-0.2, -0.15) is 0 Å². The Balaban J connectivity index is 0.00000242. The zero-order valence-corrected chi connectivity index (χ0v) is 13.9. The zero-order valence-electron chi connectivity index (χ0n) is 13.0. The van der Waals surface area contributed by atoms with Crippen LogP contribution in [0.15, 0.2) is 46.9 Å². The van der Waals surface area contributed by atoms with Gasteiger partial charge in [0.05, 0.1) is 0 Å². The molecule has 1 aromatic carbocycles. The number of rotatable bonds is 7. The molecule has 0 saturated carbocycles. The summed E-state index contributed by atoms with van der Waals surface area (Å²) in [6.45, 7) is 1.53. The van der Waals surface area contributed by atoms with Crippen molar-refractivity contribution in [3.05, 3.63) is 48.2 Å². The minimum absolute atomic E-state index is 0. The molecule has 0 aliphatic heterocycles. The summed E-state index contributed by atoms with van der Waals surface area (Å²) in [6, 6.07) is 13.9. The van der Waals surface area contributed by atoms with Crippen molar-refractivity contribution in [1.82, 2.24) is 10.2 Å². The molecule has 0 aliphatic rings. The van der Waals surface area contributed by atoms with E-state index in [1.807, 2.05) is 56.6 Å². The van der Waals surface area contributed by atoms with Gasteiger partial charge in [0.15, 0.2) is 0 Å². The number of likely N-dealkylation sites (N-methyl/N-ethyl adjacent to an activating group) is 2. The molecule has 4 nitrogen and oxygen atoms in total. The molecule has 22 heavy (non-hydrogen) atoms. The summed E-state index contributed by atoms with van der Waals surface area (Å²) in [5.41, 5.74) is 1.06. The number of halogens is 1. The van der Waals surface area contributed by atoms with Gasteiger partial charge in [-0.1, -0.05) is 30.3 Å². The van der Waals surface area contributed by atoms with Crippen LogP contribution in [0.5, 0.6) is 0 Å². The Hall–Kier alpha value is -1.78. The van der Waals surface area contributed by atoms with Gasteiger partial charge in [0.2, 0.25) is 5.91 Å². The summed E-state index contributed by atoms with van der Waals surface area (Å²) >= 11 is 0. The van der Waals surface area contributed by atoms with Crippen molar-refractivity contribution < 1.29 is 9.21 Å². The predicted molar refractivity (Wildman–Crippen MR) is 91.3 cm³/mol. The number of hydrogen-bond acceptors (Lipinski definition) is 3. The highest BCUT2D eigenvalue weighted by molar-refractivity contribution is 5.85. The lowest BCUT2D eigenvalue weighted by molar-refractivity contribution is -0.129. The van der Waals surface area contributed by atoms with Gasteiger partial charge in [0.25, 0.3) is 0 Å². The van der Waals surface area contributed by atoms with Crippen LogP contribution in [0.25, 0.3) is 11.3 Å². The molecular weight excluding hydrogens is 300 g/mol. The van der Waals surface area contributed by atoms with Crippen LogP contribution >= 0.6 is 12.4 Å². The van der Waals surface area contributed by atoms with Crippen molar-refractivity contribution in [2.45, 2.75) is 12.8 Å². The first-order valence-corrected chi connectivity index (χ1v) is 7.23. The molecule has 0 spiro atoms. The van der Waals surface area contributed by atoms with Gasteiger partial charge >= 0.3 is 0 Å². The van der Waals surface area contributed by atoms with Crippen LogP contribution in [0.2, 0.25) is 0 Å². The maximum Gasteiger partial charge on any atom is 0.222 e. The van der Waals surface area contributed by atoms with Crippen LogP contribution in [-0.4, -0.2) is 38.0 Å². The van der Waals surface area contributed by atoms with Crippen molar-refractivity contribution >= 4 is 18.3 Å². The van der Waals surface area contributed by atoms with E-state index in [-0.39, 0.29) is 18.3 Å². The van der Waals surface area contributed by atoms with Gasteiger partial charge in [-0.05, 0) is 19.2 Å². The Bertz CT molecular complexity index is 569. The Labute approximate surface area is 137 Å². The number of carbonyl (C=O) groups is 1. The minimum atomic E-state index is 0. The van der Waals surface area contributed by atoms with Crippen LogP contribution in [0.4, 0.5) is 0 Å². The second-order valence-corrected chi connectivity index (χ2v) is 5.05. The topological polar surface area (TPSA) is 45.5 Å². The van der Waals surface area contributed by atoms with E-state index < -0.39 is 0 Å². The second-order valence-electron chi connectivity index (χ2n) is 5.05. The Morgan fingerprint density at radius 3 is 2.59 bits per heavy atom. The highest BCUT2D eigenvalue weighted by atomic mass is 35.5. The van der Waals surface area contributed by atoms with E-state index in [0.29, 0.717) is 12.8 Å². The van der Waals surface area contributed by atoms with Gasteiger partial charge in [-0.25, -0.2) is 0 Å².